The molecule has 0 bridgehead atoms. The minimum atomic E-state index is -1.10. The minimum Gasteiger partial charge on any atom is -0.478 e. The Hall–Kier alpha value is -1.96. The van der Waals surface area contributed by atoms with Crippen LogP contribution in [0, 0.1) is 11.3 Å². The molecular weight excluding hydrogens is 220 g/mol. The smallest absolute Gasteiger partial charge is 0.348 e. The predicted molar refractivity (Wildman–Crippen MR) is 59.6 cm³/mol. The number of nitriles is 1. The molecule has 5 heteroatoms. The molecule has 1 N–H and O–H groups in total. The second kappa shape index (κ2) is 4.13. The van der Waals surface area contributed by atoms with Crippen molar-refractivity contribution in [1.82, 2.24) is 4.57 Å². The second-order valence-electron chi connectivity index (χ2n) is 4.39. The average molecular weight is 234 g/mol. The van der Waals surface area contributed by atoms with Crippen LogP contribution in [0.1, 0.15) is 31.4 Å². The molecule has 0 aromatic carbocycles. The lowest BCUT2D eigenvalue weighted by molar-refractivity contribution is -0.154. The molecule has 0 atom stereocenters. The van der Waals surface area contributed by atoms with Crippen molar-refractivity contribution in [3.8, 4) is 11.8 Å². The first-order valence-electron chi connectivity index (χ1n) is 5.56. The third-order valence-electron chi connectivity index (χ3n) is 3.21. The van der Waals surface area contributed by atoms with Crippen LogP contribution in [-0.2, 0) is 11.8 Å². The highest BCUT2D eigenvalue weighted by atomic mass is 16.5. The number of rotatable bonds is 3. The summed E-state index contributed by atoms with van der Waals surface area (Å²) in [6.45, 7) is 0. The first-order chi connectivity index (χ1) is 8.07. The van der Waals surface area contributed by atoms with Gasteiger partial charge in [0.1, 0.15) is 17.5 Å². The van der Waals surface area contributed by atoms with E-state index in [-0.39, 0.29) is 0 Å². The van der Waals surface area contributed by atoms with E-state index in [0.717, 1.165) is 12.8 Å². The number of carboxylic acids is 1. The Morgan fingerprint density at radius 2 is 2.24 bits per heavy atom. The lowest BCUT2D eigenvalue weighted by Crippen LogP contribution is -2.41. The van der Waals surface area contributed by atoms with Crippen molar-refractivity contribution in [2.24, 2.45) is 7.05 Å². The van der Waals surface area contributed by atoms with E-state index < -0.39 is 11.6 Å². The van der Waals surface area contributed by atoms with E-state index >= 15 is 0 Å². The van der Waals surface area contributed by atoms with Gasteiger partial charge in [-0.2, -0.15) is 5.26 Å². The molecule has 1 fully saturated rings. The van der Waals surface area contributed by atoms with Crippen molar-refractivity contribution in [2.45, 2.75) is 31.3 Å². The summed E-state index contributed by atoms with van der Waals surface area (Å²) in [5.74, 6) is -0.467. The predicted octanol–water partition coefficient (Wildman–Crippen LogP) is 1.67. The maximum atomic E-state index is 11.3. The van der Waals surface area contributed by atoms with E-state index in [2.05, 4.69) is 0 Å². The summed E-state index contributed by atoms with van der Waals surface area (Å²) in [7, 11) is 1.73. The number of carbonyl (C=O) groups is 1. The maximum Gasteiger partial charge on any atom is 0.348 e. The van der Waals surface area contributed by atoms with Crippen LogP contribution in [0.2, 0.25) is 0 Å². The van der Waals surface area contributed by atoms with Crippen molar-refractivity contribution in [2.75, 3.05) is 0 Å². The van der Waals surface area contributed by atoms with E-state index in [1.807, 2.05) is 6.07 Å². The van der Waals surface area contributed by atoms with Gasteiger partial charge in [0.25, 0.3) is 0 Å². The summed E-state index contributed by atoms with van der Waals surface area (Å²) in [5.41, 5.74) is -0.646. The van der Waals surface area contributed by atoms with Crippen LogP contribution in [0.15, 0.2) is 12.3 Å². The van der Waals surface area contributed by atoms with Gasteiger partial charge >= 0.3 is 5.97 Å². The van der Waals surface area contributed by atoms with E-state index in [1.54, 1.807) is 23.9 Å². The van der Waals surface area contributed by atoms with E-state index in [1.165, 1.54) is 0 Å². The topological polar surface area (TPSA) is 75.2 Å². The van der Waals surface area contributed by atoms with Gasteiger partial charge in [0.15, 0.2) is 0 Å². The van der Waals surface area contributed by atoms with Gasteiger partial charge in [0, 0.05) is 19.3 Å². The first kappa shape index (κ1) is 11.5. The lowest BCUT2D eigenvalue weighted by atomic mass is 10.0. The Morgan fingerprint density at radius 3 is 2.71 bits per heavy atom. The number of aliphatic carboxylic acids is 1. The summed E-state index contributed by atoms with van der Waals surface area (Å²) < 4.78 is 7.24. The molecule has 0 unspecified atom stereocenters. The van der Waals surface area contributed by atoms with Crippen molar-refractivity contribution in [1.29, 1.82) is 5.26 Å². The first-order valence-corrected chi connectivity index (χ1v) is 5.56. The number of nitrogens with zero attached hydrogens (tertiary/aromatic N) is 2. The number of hydrogen-bond acceptors (Lipinski definition) is 3. The molecular formula is C12H14N2O3. The number of aryl methyl sites for hydroxylation is 1. The van der Waals surface area contributed by atoms with Crippen LogP contribution in [0.3, 0.4) is 0 Å². The molecule has 2 rings (SSSR count). The van der Waals surface area contributed by atoms with Crippen LogP contribution in [0.25, 0.3) is 0 Å². The quantitative estimate of drug-likeness (QED) is 0.863. The van der Waals surface area contributed by atoms with Gasteiger partial charge < -0.3 is 14.4 Å². The molecule has 1 saturated carbocycles. The van der Waals surface area contributed by atoms with Crippen molar-refractivity contribution in [3.05, 3.63) is 18.0 Å². The van der Waals surface area contributed by atoms with Gasteiger partial charge in [0.2, 0.25) is 5.60 Å². The van der Waals surface area contributed by atoms with Gasteiger partial charge in [0.05, 0.1) is 0 Å². The van der Waals surface area contributed by atoms with Gasteiger partial charge in [-0.15, -0.1) is 0 Å². The highest BCUT2D eigenvalue weighted by Crippen LogP contribution is 2.35. The zero-order chi connectivity index (χ0) is 12.5. The fraction of sp³-hybridized carbons (Fsp3) is 0.500. The van der Waals surface area contributed by atoms with Crippen LogP contribution < -0.4 is 4.74 Å². The van der Waals surface area contributed by atoms with Crippen molar-refractivity contribution in [3.63, 3.8) is 0 Å². The highest BCUT2D eigenvalue weighted by Gasteiger charge is 2.44. The zero-order valence-electron chi connectivity index (χ0n) is 9.64. The monoisotopic (exact) mass is 234 g/mol. The minimum absolute atomic E-state index is 0.452. The Labute approximate surface area is 99.2 Å². The van der Waals surface area contributed by atoms with Gasteiger partial charge in [-0.25, -0.2) is 4.79 Å². The van der Waals surface area contributed by atoms with Crippen LogP contribution in [-0.4, -0.2) is 21.2 Å². The Balaban J connectivity index is 2.24. The molecule has 1 aliphatic carbocycles. The third-order valence-corrected chi connectivity index (χ3v) is 3.21. The summed E-state index contributed by atoms with van der Waals surface area (Å²) in [5, 5.41) is 18.1. The Bertz CT molecular complexity index is 478. The van der Waals surface area contributed by atoms with E-state index in [0.29, 0.717) is 24.3 Å². The van der Waals surface area contributed by atoms with E-state index in [9.17, 15) is 9.90 Å². The molecule has 5 nitrogen and oxygen atoms in total. The normalized spacial score (nSPS) is 17.6. The fourth-order valence-corrected chi connectivity index (χ4v) is 2.23. The SMILES string of the molecule is Cn1cc(OC2(C(=O)O)CCCC2)cc1C#N. The van der Waals surface area contributed by atoms with E-state index in [4.69, 9.17) is 10.00 Å². The molecule has 0 radical (unpaired) electrons. The molecule has 0 spiro atoms. The summed E-state index contributed by atoms with van der Waals surface area (Å²) in [6, 6.07) is 3.59. The number of hydrogen-bond donors (Lipinski definition) is 1. The Morgan fingerprint density at radius 1 is 1.59 bits per heavy atom. The average Bonchev–Trinajstić information content (AvgIpc) is 2.87. The summed E-state index contributed by atoms with van der Waals surface area (Å²) >= 11 is 0. The molecule has 1 aromatic heterocycles. The molecule has 0 aliphatic heterocycles. The molecule has 1 heterocycles. The fourth-order valence-electron chi connectivity index (χ4n) is 2.23. The van der Waals surface area contributed by atoms with Crippen LogP contribution in [0.4, 0.5) is 0 Å². The van der Waals surface area contributed by atoms with Gasteiger partial charge in [-0.3, -0.25) is 0 Å². The molecule has 1 aliphatic rings. The largest absolute Gasteiger partial charge is 0.478 e. The summed E-state index contributed by atoms with van der Waals surface area (Å²) in [6.07, 6.45) is 4.42. The standard InChI is InChI=1S/C12H14N2O3/c1-14-8-10(6-9(14)7-13)17-12(11(15)16)4-2-3-5-12/h6,8H,2-5H2,1H3,(H,15,16). The highest BCUT2D eigenvalue weighted by molar-refractivity contribution is 5.78. The van der Waals surface area contributed by atoms with Gasteiger partial charge in [-0.1, -0.05) is 0 Å². The molecule has 0 saturated heterocycles. The zero-order valence-corrected chi connectivity index (χ0v) is 9.64. The van der Waals surface area contributed by atoms with Gasteiger partial charge in [-0.05, 0) is 25.7 Å². The maximum absolute atomic E-state index is 11.3. The third kappa shape index (κ3) is 1.98. The number of carboxylic acid groups (broad SMARTS) is 1. The summed E-state index contributed by atoms with van der Waals surface area (Å²) in [4.78, 5) is 11.3. The molecule has 90 valence electrons. The molecule has 0 amide bonds. The number of ether oxygens (including phenoxy) is 1. The lowest BCUT2D eigenvalue weighted by Gasteiger charge is -2.24. The molecule has 17 heavy (non-hydrogen) atoms. The van der Waals surface area contributed by atoms with Crippen LogP contribution in [0.5, 0.6) is 5.75 Å². The number of aromatic nitrogens is 1. The van der Waals surface area contributed by atoms with Crippen LogP contribution >= 0.6 is 0 Å². The second-order valence-corrected chi connectivity index (χ2v) is 4.39. The van der Waals surface area contributed by atoms with Crippen molar-refractivity contribution < 1.29 is 14.6 Å². The van der Waals surface area contributed by atoms with Crippen molar-refractivity contribution >= 4 is 5.97 Å². The Kier molecular flexibility index (Phi) is 2.80. The molecule has 1 aromatic rings.